The van der Waals surface area contributed by atoms with Crippen molar-refractivity contribution in [3.05, 3.63) is 69.9 Å². The Morgan fingerprint density at radius 3 is 2.62 bits per heavy atom. The number of halogens is 1. The summed E-state index contributed by atoms with van der Waals surface area (Å²) in [6.07, 6.45) is 2.09. The lowest BCUT2D eigenvalue weighted by Crippen LogP contribution is -2.39. The number of hydrogen-bond acceptors (Lipinski definition) is 6. The van der Waals surface area contributed by atoms with Gasteiger partial charge in [0.1, 0.15) is 16.6 Å². The first-order valence-corrected chi connectivity index (χ1v) is 11.1. The lowest BCUT2D eigenvalue weighted by molar-refractivity contribution is -0.131. The van der Waals surface area contributed by atoms with Crippen molar-refractivity contribution in [1.82, 2.24) is 15.1 Å². The van der Waals surface area contributed by atoms with Crippen molar-refractivity contribution in [3.63, 3.8) is 0 Å². The number of methoxy groups -OCH3 is 1. The van der Waals surface area contributed by atoms with Gasteiger partial charge >= 0.3 is 0 Å². The molecular formula is C23H23FN4O3S. The smallest absolute Gasteiger partial charge is 0.286 e. The molecule has 4 rings (SSSR count). The summed E-state index contributed by atoms with van der Waals surface area (Å²) >= 11 is 1.23. The molecule has 0 aliphatic carbocycles. The minimum atomic E-state index is -0.386. The zero-order chi connectivity index (χ0) is 22.5. The molecule has 2 amide bonds. The Morgan fingerprint density at radius 2 is 1.91 bits per heavy atom. The molecule has 1 saturated heterocycles. The van der Waals surface area contributed by atoms with Gasteiger partial charge in [0.15, 0.2) is 0 Å². The number of benzene rings is 2. The monoisotopic (exact) mass is 454 g/mol. The number of carbonyl (C=O) groups is 2. The Balaban J connectivity index is 1.36. The van der Waals surface area contributed by atoms with Gasteiger partial charge in [-0.3, -0.25) is 9.59 Å². The molecule has 1 aromatic heterocycles. The van der Waals surface area contributed by atoms with E-state index >= 15 is 0 Å². The summed E-state index contributed by atoms with van der Waals surface area (Å²) in [6.45, 7) is 1.27. The Kier molecular flexibility index (Phi) is 6.75. The van der Waals surface area contributed by atoms with Crippen LogP contribution in [0.25, 0.3) is 0 Å². The SMILES string of the molecule is COc1ccc(CC(=O)N2CCC[C@@H](c3nnc(C(=O)Nc4ccc(F)cc4)s3)C2)cc1. The number of piperidine rings is 1. The van der Waals surface area contributed by atoms with Crippen LogP contribution in [0.15, 0.2) is 48.5 Å². The van der Waals surface area contributed by atoms with Crippen molar-refractivity contribution in [2.24, 2.45) is 0 Å². The van der Waals surface area contributed by atoms with Gasteiger partial charge in [0, 0.05) is 24.7 Å². The second kappa shape index (κ2) is 9.86. The number of rotatable bonds is 6. The lowest BCUT2D eigenvalue weighted by Gasteiger charge is -2.31. The van der Waals surface area contributed by atoms with Gasteiger partial charge in [-0.25, -0.2) is 4.39 Å². The van der Waals surface area contributed by atoms with Gasteiger partial charge in [0.2, 0.25) is 10.9 Å². The molecule has 9 heteroatoms. The number of aromatic nitrogens is 2. The predicted octanol–water partition coefficient (Wildman–Crippen LogP) is 3.89. The molecule has 1 fully saturated rings. The third kappa shape index (κ3) is 5.28. The fraction of sp³-hybridized carbons (Fsp3) is 0.304. The largest absolute Gasteiger partial charge is 0.497 e. The molecular weight excluding hydrogens is 431 g/mol. The number of likely N-dealkylation sites (tertiary alicyclic amines) is 1. The Labute approximate surface area is 189 Å². The van der Waals surface area contributed by atoms with E-state index in [4.69, 9.17) is 4.74 Å². The van der Waals surface area contributed by atoms with Gasteiger partial charge in [-0.2, -0.15) is 0 Å². The molecule has 166 valence electrons. The third-order valence-electron chi connectivity index (χ3n) is 5.37. The van der Waals surface area contributed by atoms with Crippen LogP contribution < -0.4 is 10.1 Å². The zero-order valence-corrected chi connectivity index (χ0v) is 18.4. The Hall–Kier alpha value is -3.33. The second-order valence-electron chi connectivity index (χ2n) is 7.61. The number of carbonyl (C=O) groups excluding carboxylic acids is 2. The number of nitrogens with one attached hydrogen (secondary N) is 1. The molecule has 7 nitrogen and oxygen atoms in total. The molecule has 2 heterocycles. The first-order valence-electron chi connectivity index (χ1n) is 10.3. The summed E-state index contributed by atoms with van der Waals surface area (Å²) < 4.78 is 18.2. The molecule has 0 radical (unpaired) electrons. The predicted molar refractivity (Wildman–Crippen MR) is 120 cm³/mol. The van der Waals surface area contributed by atoms with E-state index in [1.165, 1.54) is 35.6 Å². The Bertz CT molecular complexity index is 1090. The molecule has 1 N–H and O–H groups in total. The molecule has 0 saturated carbocycles. The molecule has 1 aliphatic rings. The van der Waals surface area contributed by atoms with E-state index < -0.39 is 0 Å². The van der Waals surface area contributed by atoms with Crippen molar-refractivity contribution in [1.29, 1.82) is 0 Å². The van der Waals surface area contributed by atoms with Crippen LogP contribution in [0, 0.1) is 5.82 Å². The summed E-state index contributed by atoms with van der Waals surface area (Å²) in [5.41, 5.74) is 1.43. The summed E-state index contributed by atoms with van der Waals surface area (Å²) in [7, 11) is 1.61. The highest BCUT2D eigenvalue weighted by Gasteiger charge is 2.28. The van der Waals surface area contributed by atoms with E-state index in [2.05, 4.69) is 15.5 Å². The maximum atomic E-state index is 13.0. The van der Waals surface area contributed by atoms with Crippen LogP contribution >= 0.6 is 11.3 Å². The molecule has 32 heavy (non-hydrogen) atoms. The number of anilines is 1. The number of amides is 2. The highest BCUT2D eigenvalue weighted by molar-refractivity contribution is 7.13. The van der Waals surface area contributed by atoms with E-state index in [0.29, 0.717) is 25.2 Å². The fourth-order valence-electron chi connectivity index (χ4n) is 3.64. The quantitative estimate of drug-likeness (QED) is 0.611. The van der Waals surface area contributed by atoms with Gasteiger partial charge in [0.25, 0.3) is 5.91 Å². The van der Waals surface area contributed by atoms with Crippen molar-refractivity contribution >= 4 is 28.8 Å². The highest BCUT2D eigenvalue weighted by Crippen LogP contribution is 2.30. The maximum absolute atomic E-state index is 13.0. The van der Waals surface area contributed by atoms with E-state index in [1.54, 1.807) is 7.11 Å². The van der Waals surface area contributed by atoms with Crippen LogP contribution in [0.5, 0.6) is 5.75 Å². The molecule has 2 aromatic carbocycles. The van der Waals surface area contributed by atoms with Crippen molar-refractivity contribution in [3.8, 4) is 5.75 Å². The van der Waals surface area contributed by atoms with Gasteiger partial charge in [-0.05, 0) is 54.8 Å². The summed E-state index contributed by atoms with van der Waals surface area (Å²) in [5.74, 6) is 0.120. The van der Waals surface area contributed by atoms with Crippen LogP contribution in [0.3, 0.4) is 0 Å². The van der Waals surface area contributed by atoms with Gasteiger partial charge in [0.05, 0.1) is 13.5 Å². The number of ether oxygens (including phenoxy) is 1. The lowest BCUT2D eigenvalue weighted by atomic mass is 9.98. The number of hydrogen-bond donors (Lipinski definition) is 1. The minimum Gasteiger partial charge on any atom is -0.497 e. The first-order chi connectivity index (χ1) is 15.5. The second-order valence-corrected chi connectivity index (χ2v) is 8.62. The summed E-state index contributed by atoms with van der Waals surface area (Å²) in [5, 5.41) is 11.9. The van der Waals surface area contributed by atoms with Crippen molar-refractivity contribution in [2.45, 2.75) is 25.2 Å². The van der Waals surface area contributed by atoms with Gasteiger partial charge < -0.3 is 15.0 Å². The van der Waals surface area contributed by atoms with E-state index in [9.17, 15) is 14.0 Å². The van der Waals surface area contributed by atoms with Crippen molar-refractivity contribution in [2.75, 3.05) is 25.5 Å². The van der Waals surface area contributed by atoms with Crippen LogP contribution in [-0.4, -0.2) is 47.1 Å². The first kappa shape index (κ1) is 21.9. The van der Waals surface area contributed by atoms with Gasteiger partial charge in [-0.15, -0.1) is 10.2 Å². The minimum absolute atomic E-state index is 0.0495. The van der Waals surface area contributed by atoms with Crippen molar-refractivity contribution < 1.29 is 18.7 Å². The Morgan fingerprint density at radius 1 is 1.16 bits per heavy atom. The topological polar surface area (TPSA) is 84.4 Å². The molecule has 1 atom stereocenters. The summed E-state index contributed by atoms with van der Waals surface area (Å²) in [6, 6.07) is 13.0. The number of nitrogens with zero attached hydrogens (tertiary/aromatic N) is 3. The highest BCUT2D eigenvalue weighted by atomic mass is 32.1. The average molecular weight is 455 g/mol. The van der Waals surface area contributed by atoms with E-state index in [0.717, 1.165) is 29.2 Å². The summed E-state index contributed by atoms with van der Waals surface area (Å²) in [4.78, 5) is 27.1. The molecule has 1 aliphatic heterocycles. The molecule has 0 unspecified atom stereocenters. The normalized spacial score (nSPS) is 15.9. The standard InChI is InChI=1S/C23H23FN4O3S/c1-31-19-10-4-15(5-11-19)13-20(29)28-12-2-3-16(14-28)22-26-27-23(32-22)21(30)25-18-8-6-17(24)7-9-18/h4-11,16H,2-3,12-14H2,1H3,(H,25,30)/t16-/m1/s1. The van der Waals surface area contributed by atoms with Crippen LogP contribution in [0.2, 0.25) is 0 Å². The fourth-order valence-corrected chi connectivity index (χ4v) is 4.51. The van der Waals surface area contributed by atoms with E-state index in [-0.39, 0.29) is 28.6 Å². The van der Waals surface area contributed by atoms with Gasteiger partial charge in [-0.1, -0.05) is 23.5 Å². The molecule has 3 aromatic rings. The molecule has 0 spiro atoms. The van der Waals surface area contributed by atoms with Crippen LogP contribution in [0.1, 0.15) is 39.1 Å². The van der Waals surface area contributed by atoms with E-state index in [1.807, 2.05) is 29.2 Å². The third-order valence-corrected chi connectivity index (χ3v) is 6.46. The van der Waals surface area contributed by atoms with Crippen LogP contribution in [-0.2, 0) is 11.2 Å². The van der Waals surface area contributed by atoms with Crippen LogP contribution in [0.4, 0.5) is 10.1 Å². The molecule has 0 bridgehead atoms. The zero-order valence-electron chi connectivity index (χ0n) is 17.6. The average Bonchev–Trinajstić information content (AvgIpc) is 3.32. The maximum Gasteiger partial charge on any atom is 0.286 e.